The van der Waals surface area contributed by atoms with Crippen LogP contribution in [-0.2, 0) is 9.53 Å². The molecule has 2 atom stereocenters. The van der Waals surface area contributed by atoms with Crippen molar-refractivity contribution in [3.63, 3.8) is 0 Å². The lowest BCUT2D eigenvalue weighted by molar-refractivity contribution is -0.123. The number of carbonyl (C=O) groups is 1. The van der Waals surface area contributed by atoms with Crippen molar-refractivity contribution in [3.05, 3.63) is 12.7 Å². The Morgan fingerprint density at radius 1 is 1.64 bits per heavy atom. The van der Waals surface area contributed by atoms with E-state index in [1.54, 1.807) is 6.08 Å². The van der Waals surface area contributed by atoms with Gasteiger partial charge < -0.3 is 10.1 Å². The van der Waals surface area contributed by atoms with Crippen LogP contribution in [0.2, 0.25) is 0 Å². The second kappa shape index (κ2) is 5.94. The van der Waals surface area contributed by atoms with E-state index in [4.69, 9.17) is 4.74 Å². The van der Waals surface area contributed by atoms with Crippen LogP contribution < -0.4 is 5.32 Å². The van der Waals surface area contributed by atoms with E-state index < -0.39 is 0 Å². The number of allylic oxidation sites excluding steroid dienone is 1. The number of rotatable bonds is 6. The maximum Gasteiger partial charge on any atom is 0.140 e. The maximum atomic E-state index is 11.7. The molecule has 80 valence electrons. The predicted octanol–water partition coefficient (Wildman–Crippen LogP) is 1.15. The van der Waals surface area contributed by atoms with Gasteiger partial charge in [0.25, 0.3) is 0 Å². The Kier molecular flexibility index (Phi) is 4.84. The highest BCUT2D eigenvalue weighted by molar-refractivity contribution is 5.82. The van der Waals surface area contributed by atoms with Gasteiger partial charge in [-0.15, -0.1) is 6.58 Å². The highest BCUT2D eigenvalue weighted by atomic mass is 16.5. The molecule has 1 N–H and O–H groups in total. The number of hydrogen-bond donors (Lipinski definition) is 1. The quantitative estimate of drug-likeness (QED) is 0.649. The first-order chi connectivity index (χ1) is 6.79. The number of likely N-dealkylation sites (N-methyl/N-ethyl adjacent to an activating group) is 1. The molecule has 0 spiro atoms. The fraction of sp³-hybridized carbons (Fsp3) is 0.727. The first-order valence-corrected chi connectivity index (χ1v) is 5.24. The highest BCUT2D eigenvalue weighted by Crippen LogP contribution is 2.17. The topological polar surface area (TPSA) is 38.3 Å². The van der Waals surface area contributed by atoms with Gasteiger partial charge in [0, 0.05) is 12.5 Å². The molecule has 14 heavy (non-hydrogen) atoms. The molecule has 1 aliphatic heterocycles. The lowest BCUT2D eigenvalue weighted by atomic mass is 9.95. The normalized spacial score (nSPS) is 26.4. The summed E-state index contributed by atoms with van der Waals surface area (Å²) < 4.78 is 5.31. The number of ether oxygens (including phenoxy) is 1. The van der Waals surface area contributed by atoms with Gasteiger partial charge in [-0.25, -0.2) is 0 Å². The van der Waals surface area contributed by atoms with Crippen LogP contribution in [0.25, 0.3) is 0 Å². The van der Waals surface area contributed by atoms with Crippen LogP contribution in [0.15, 0.2) is 12.7 Å². The van der Waals surface area contributed by atoms with E-state index in [1.807, 2.05) is 6.92 Å². The van der Waals surface area contributed by atoms with Crippen LogP contribution in [0.1, 0.15) is 19.8 Å². The third kappa shape index (κ3) is 2.93. The molecule has 0 saturated carbocycles. The minimum absolute atomic E-state index is 0.0508. The monoisotopic (exact) mass is 197 g/mol. The van der Waals surface area contributed by atoms with Crippen LogP contribution >= 0.6 is 0 Å². The van der Waals surface area contributed by atoms with E-state index in [0.717, 1.165) is 13.0 Å². The van der Waals surface area contributed by atoms with Gasteiger partial charge in [-0.1, -0.05) is 13.0 Å². The number of nitrogens with one attached hydrogen (secondary N) is 1. The molecule has 0 aliphatic carbocycles. The summed E-state index contributed by atoms with van der Waals surface area (Å²) in [6, 6.07) is 0.220. The first kappa shape index (κ1) is 11.4. The molecule has 0 aromatic rings. The molecule has 3 heteroatoms. The van der Waals surface area contributed by atoms with Crippen molar-refractivity contribution in [2.45, 2.75) is 25.8 Å². The summed E-state index contributed by atoms with van der Waals surface area (Å²) in [4.78, 5) is 11.7. The average Bonchev–Trinajstić information content (AvgIpc) is 2.63. The van der Waals surface area contributed by atoms with Crippen molar-refractivity contribution >= 4 is 5.78 Å². The summed E-state index contributed by atoms with van der Waals surface area (Å²) in [5.41, 5.74) is 0. The van der Waals surface area contributed by atoms with Gasteiger partial charge in [0.2, 0.25) is 0 Å². The van der Waals surface area contributed by atoms with Crippen molar-refractivity contribution in [1.82, 2.24) is 5.32 Å². The van der Waals surface area contributed by atoms with Crippen LogP contribution in [-0.4, -0.2) is 31.6 Å². The zero-order valence-corrected chi connectivity index (χ0v) is 8.79. The van der Waals surface area contributed by atoms with E-state index in [0.29, 0.717) is 25.4 Å². The Balaban J connectivity index is 2.40. The van der Waals surface area contributed by atoms with Gasteiger partial charge in [-0.05, 0) is 13.0 Å². The SMILES string of the molecule is C=CCCC(=O)C1COCC1NCC. The van der Waals surface area contributed by atoms with Gasteiger partial charge >= 0.3 is 0 Å². The fourth-order valence-electron chi connectivity index (χ4n) is 1.76. The van der Waals surface area contributed by atoms with E-state index in [9.17, 15) is 4.79 Å². The van der Waals surface area contributed by atoms with E-state index >= 15 is 0 Å². The maximum absolute atomic E-state index is 11.7. The molecule has 1 rings (SSSR count). The van der Waals surface area contributed by atoms with E-state index in [1.165, 1.54) is 0 Å². The van der Waals surface area contributed by atoms with Crippen LogP contribution in [0.3, 0.4) is 0 Å². The molecule has 1 aliphatic rings. The Labute approximate surface area is 85.5 Å². The molecule has 1 saturated heterocycles. The number of Topliss-reactive ketones (excluding diaryl/α,β-unsaturated/α-hetero) is 1. The van der Waals surface area contributed by atoms with Gasteiger partial charge in [0.1, 0.15) is 5.78 Å². The summed E-state index contributed by atoms with van der Waals surface area (Å²) >= 11 is 0. The summed E-state index contributed by atoms with van der Waals surface area (Å²) in [7, 11) is 0. The van der Waals surface area contributed by atoms with Gasteiger partial charge in [0.15, 0.2) is 0 Å². The third-order valence-corrected chi connectivity index (χ3v) is 2.56. The summed E-state index contributed by atoms with van der Waals surface area (Å²) in [6.45, 7) is 7.79. The van der Waals surface area contributed by atoms with Crippen molar-refractivity contribution in [1.29, 1.82) is 0 Å². The fourth-order valence-corrected chi connectivity index (χ4v) is 1.76. The lowest BCUT2D eigenvalue weighted by Crippen LogP contribution is -2.39. The Morgan fingerprint density at radius 2 is 2.43 bits per heavy atom. The molecule has 1 heterocycles. The summed E-state index contributed by atoms with van der Waals surface area (Å²) in [6.07, 6.45) is 3.16. The minimum Gasteiger partial charge on any atom is -0.379 e. The Bertz CT molecular complexity index is 203. The highest BCUT2D eigenvalue weighted by Gasteiger charge is 2.32. The molecule has 2 unspecified atom stereocenters. The van der Waals surface area contributed by atoms with Gasteiger partial charge in [0.05, 0.1) is 19.1 Å². The Hall–Kier alpha value is -0.670. The molecule has 0 aromatic heterocycles. The molecule has 3 nitrogen and oxygen atoms in total. The molecule has 1 fully saturated rings. The summed E-state index contributed by atoms with van der Waals surface area (Å²) in [5, 5.41) is 3.28. The van der Waals surface area contributed by atoms with Crippen LogP contribution in [0.5, 0.6) is 0 Å². The number of ketones is 1. The molecule has 0 radical (unpaired) electrons. The smallest absolute Gasteiger partial charge is 0.140 e. The number of hydrogen-bond acceptors (Lipinski definition) is 3. The molecule has 0 bridgehead atoms. The van der Waals surface area contributed by atoms with Crippen molar-refractivity contribution < 1.29 is 9.53 Å². The lowest BCUT2D eigenvalue weighted by Gasteiger charge is -2.16. The standard InChI is InChI=1S/C11H19NO2/c1-3-5-6-11(13)9-7-14-8-10(9)12-4-2/h3,9-10,12H,1,4-8H2,2H3. The number of carbonyl (C=O) groups excluding carboxylic acids is 1. The molecular weight excluding hydrogens is 178 g/mol. The predicted molar refractivity (Wildman–Crippen MR) is 56.2 cm³/mol. The van der Waals surface area contributed by atoms with Crippen molar-refractivity contribution in [2.75, 3.05) is 19.8 Å². The van der Waals surface area contributed by atoms with Crippen LogP contribution in [0.4, 0.5) is 0 Å². The molecule has 0 amide bonds. The first-order valence-electron chi connectivity index (χ1n) is 5.24. The minimum atomic E-state index is 0.0508. The molecule has 0 aromatic carbocycles. The largest absolute Gasteiger partial charge is 0.379 e. The Morgan fingerprint density at radius 3 is 3.07 bits per heavy atom. The van der Waals surface area contributed by atoms with E-state index in [2.05, 4.69) is 11.9 Å². The second-order valence-electron chi connectivity index (χ2n) is 3.60. The summed E-state index contributed by atoms with van der Waals surface area (Å²) in [5.74, 6) is 0.350. The third-order valence-electron chi connectivity index (χ3n) is 2.56. The zero-order valence-electron chi connectivity index (χ0n) is 8.79. The van der Waals surface area contributed by atoms with Gasteiger partial charge in [-0.3, -0.25) is 4.79 Å². The van der Waals surface area contributed by atoms with Crippen LogP contribution in [0, 0.1) is 5.92 Å². The zero-order chi connectivity index (χ0) is 10.4. The van der Waals surface area contributed by atoms with Crippen molar-refractivity contribution in [3.8, 4) is 0 Å². The average molecular weight is 197 g/mol. The van der Waals surface area contributed by atoms with Gasteiger partial charge in [-0.2, -0.15) is 0 Å². The van der Waals surface area contributed by atoms with Crippen molar-refractivity contribution in [2.24, 2.45) is 5.92 Å². The van der Waals surface area contributed by atoms with E-state index in [-0.39, 0.29) is 12.0 Å². The second-order valence-corrected chi connectivity index (χ2v) is 3.60. The molecular formula is C11H19NO2.